The number of carbonyl (C=O) groups is 1. The average molecular weight is 376 g/mol. The average Bonchev–Trinajstić information content (AvgIpc) is 3.16. The van der Waals surface area contributed by atoms with Crippen LogP contribution in [0.2, 0.25) is 0 Å². The summed E-state index contributed by atoms with van der Waals surface area (Å²) in [6.45, 7) is 1.48. The molecule has 1 aliphatic carbocycles. The molecule has 1 amide bonds. The molecule has 0 radical (unpaired) electrons. The van der Waals surface area contributed by atoms with Crippen LogP contribution in [0.25, 0.3) is 0 Å². The van der Waals surface area contributed by atoms with Gasteiger partial charge in [0.15, 0.2) is 5.82 Å². The maximum Gasteiger partial charge on any atom is 0.237 e. The third-order valence-corrected chi connectivity index (χ3v) is 5.54. The van der Waals surface area contributed by atoms with Gasteiger partial charge in [0.25, 0.3) is 0 Å². The number of amides is 1. The number of halogens is 2. The lowest BCUT2D eigenvalue weighted by Crippen LogP contribution is -2.43. The number of carbonyl (C=O) groups excluding carboxylic acids is 1. The summed E-state index contributed by atoms with van der Waals surface area (Å²) < 4.78 is 2.17. The lowest BCUT2D eigenvalue weighted by Gasteiger charge is -2.24. The van der Waals surface area contributed by atoms with E-state index in [2.05, 4.69) is 25.4 Å². The van der Waals surface area contributed by atoms with Crippen LogP contribution >= 0.6 is 24.8 Å². The van der Waals surface area contributed by atoms with Crippen molar-refractivity contribution in [2.45, 2.75) is 76.5 Å². The summed E-state index contributed by atoms with van der Waals surface area (Å²) in [6, 6.07) is 0.544. The Balaban J connectivity index is 0.00000104. The van der Waals surface area contributed by atoms with E-state index >= 15 is 0 Å². The van der Waals surface area contributed by atoms with Crippen molar-refractivity contribution in [2.75, 3.05) is 0 Å². The van der Waals surface area contributed by atoms with Crippen LogP contribution in [-0.2, 0) is 24.3 Å². The fraction of sp³-hybridized carbons (Fsp3) is 0.812. The highest BCUT2D eigenvalue weighted by molar-refractivity contribution is 5.85. The van der Waals surface area contributed by atoms with Crippen molar-refractivity contribution in [3.63, 3.8) is 0 Å². The van der Waals surface area contributed by atoms with Gasteiger partial charge in [-0.1, -0.05) is 12.8 Å². The Bertz CT molecular complexity index is 551. The largest absolute Gasteiger partial charge is 0.347 e. The van der Waals surface area contributed by atoms with Gasteiger partial charge in [0.05, 0.1) is 12.6 Å². The van der Waals surface area contributed by atoms with Gasteiger partial charge in [0.1, 0.15) is 5.82 Å². The summed E-state index contributed by atoms with van der Waals surface area (Å²) in [5, 5.41) is 15.1. The van der Waals surface area contributed by atoms with Crippen molar-refractivity contribution in [1.29, 1.82) is 0 Å². The molecule has 3 atom stereocenters. The highest BCUT2D eigenvalue weighted by atomic mass is 35.5. The van der Waals surface area contributed by atoms with Crippen molar-refractivity contribution >= 4 is 30.7 Å². The zero-order valence-corrected chi connectivity index (χ0v) is 15.5. The smallest absolute Gasteiger partial charge is 0.237 e. The normalized spacial score (nSPS) is 28.1. The number of nitrogens with zero attached hydrogens (tertiary/aromatic N) is 3. The second-order valence-corrected chi connectivity index (χ2v) is 6.96. The molecular weight excluding hydrogens is 349 g/mol. The first-order valence-electron chi connectivity index (χ1n) is 8.76. The van der Waals surface area contributed by atoms with Crippen LogP contribution in [0.15, 0.2) is 0 Å². The van der Waals surface area contributed by atoms with Gasteiger partial charge in [-0.15, -0.1) is 35.0 Å². The van der Waals surface area contributed by atoms with Crippen LogP contribution in [-0.4, -0.2) is 32.8 Å². The molecule has 0 bridgehead atoms. The topological polar surface area (TPSA) is 71.8 Å². The molecule has 3 unspecified atom stereocenters. The highest BCUT2D eigenvalue weighted by Gasteiger charge is 2.38. The van der Waals surface area contributed by atoms with E-state index in [9.17, 15) is 4.79 Å². The van der Waals surface area contributed by atoms with E-state index in [1.54, 1.807) is 0 Å². The number of aryl methyl sites for hydroxylation is 1. The van der Waals surface area contributed by atoms with Gasteiger partial charge in [-0.25, -0.2) is 0 Å². The van der Waals surface area contributed by atoms with Crippen molar-refractivity contribution in [2.24, 2.45) is 5.92 Å². The van der Waals surface area contributed by atoms with Crippen LogP contribution < -0.4 is 10.6 Å². The summed E-state index contributed by atoms with van der Waals surface area (Å²) in [5.74, 6) is 2.80. The molecular formula is C16H27Cl2N5O. The van der Waals surface area contributed by atoms with Gasteiger partial charge in [0, 0.05) is 19.0 Å². The lowest BCUT2D eigenvalue weighted by atomic mass is 9.85. The second-order valence-electron chi connectivity index (χ2n) is 6.96. The Labute approximate surface area is 155 Å². The fourth-order valence-electron chi connectivity index (χ4n) is 4.31. The van der Waals surface area contributed by atoms with E-state index in [4.69, 9.17) is 0 Å². The van der Waals surface area contributed by atoms with E-state index in [1.165, 1.54) is 38.5 Å². The Hall–Kier alpha value is -0.850. The Morgan fingerprint density at radius 2 is 2.00 bits per heavy atom. The molecule has 8 heteroatoms. The Morgan fingerprint density at radius 3 is 2.83 bits per heavy atom. The summed E-state index contributed by atoms with van der Waals surface area (Å²) in [6.07, 6.45) is 9.50. The summed E-state index contributed by atoms with van der Waals surface area (Å²) >= 11 is 0. The minimum Gasteiger partial charge on any atom is -0.347 e. The monoisotopic (exact) mass is 375 g/mol. The third-order valence-electron chi connectivity index (χ3n) is 5.54. The van der Waals surface area contributed by atoms with Crippen LogP contribution in [0.4, 0.5) is 0 Å². The molecule has 24 heavy (non-hydrogen) atoms. The molecule has 0 aromatic carbocycles. The molecule has 3 heterocycles. The molecule has 2 N–H and O–H groups in total. The van der Waals surface area contributed by atoms with E-state index in [1.807, 2.05) is 0 Å². The van der Waals surface area contributed by atoms with Gasteiger partial charge in [0.2, 0.25) is 5.91 Å². The van der Waals surface area contributed by atoms with Crippen LogP contribution in [0.3, 0.4) is 0 Å². The van der Waals surface area contributed by atoms with Gasteiger partial charge in [-0.2, -0.15) is 0 Å². The van der Waals surface area contributed by atoms with Crippen molar-refractivity contribution < 1.29 is 4.79 Å². The molecule has 0 spiro atoms. The molecule has 3 aliphatic rings. The first-order chi connectivity index (χ1) is 10.8. The number of fused-ring (bicyclic) bond motifs is 2. The van der Waals surface area contributed by atoms with E-state index in [0.717, 1.165) is 31.0 Å². The van der Waals surface area contributed by atoms with E-state index < -0.39 is 0 Å². The summed E-state index contributed by atoms with van der Waals surface area (Å²) in [4.78, 5) is 12.4. The zero-order valence-electron chi connectivity index (χ0n) is 13.9. The molecule has 4 rings (SSSR count). The van der Waals surface area contributed by atoms with Crippen LogP contribution in [0, 0.1) is 5.92 Å². The van der Waals surface area contributed by atoms with Gasteiger partial charge in [-0.3, -0.25) is 4.79 Å². The molecule has 136 valence electrons. The Morgan fingerprint density at radius 1 is 1.17 bits per heavy atom. The quantitative estimate of drug-likeness (QED) is 0.847. The van der Waals surface area contributed by atoms with Gasteiger partial charge >= 0.3 is 0 Å². The molecule has 1 saturated heterocycles. The van der Waals surface area contributed by atoms with Crippen molar-refractivity contribution in [3.8, 4) is 0 Å². The number of hydrogen-bond acceptors (Lipinski definition) is 4. The minimum absolute atomic E-state index is 0. The predicted molar refractivity (Wildman–Crippen MR) is 96.6 cm³/mol. The minimum atomic E-state index is -0.0168. The number of aromatic nitrogens is 3. The van der Waals surface area contributed by atoms with Crippen molar-refractivity contribution in [1.82, 2.24) is 25.4 Å². The number of rotatable bonds is 3. The number of hydrogen-bond donors (Lipinski definition) is 2. The second kappa shape index (κ2) is 8.50. The molecule has 1 saturated carbocycles. The van der Waals surface area contributed by atoms with Gasteiger partial charge in [-0.05, 0) is 38.0 Å². The maximum atomic E-state index is 12.4. The summed E-state index contributed by atoms with van der Waals surface area (Å²) in [7, 11) is 0. The van der Waals surface area contributed by atoms with Gasteiger partial charge < -0.3 is 15.2 Å². The standard InChI is InChI=1S/C16H25N5O.2ClH/c22-16(13-9-11-5-1-2-6-12(11)18-13)17-10-15-20-19-14-7-3-4-8-21(14)15;;/h11-13,18H,1-10H2,(H,17,22);2*1H. The first-order valence-corrected chi connectivity index (χ1v) is 8.76. The molecule has 1 aromatic heterocycles. The molecule has 2 fully saturated rings. The lowest BCUT2D eigenvalue weighted by molar-refractivity contribution is -0.123. The van der Waals surface area contributed by atoms with E-state index in [-0.39, 0.29) is 36.8 Å². The highest BCUT2D eigenvalue weighted by Crippen LogP contribution is 2.33. The molecule has 2 aliphatic heterocycles. The van der Waals surface area contributed by atoms with Crippen LogP contribution in [0.5, 0.6) is 0 Å². The predicted octanol–water partition coefficient (Wildman–Crippen LogP) is 1.99. The first kappa shape index (κ1) is 19.5. The fourth-order valence-corrected chi connectivity index (χ4v) is 4.31. The SMILES string of the molecule is Cl.Cl.O=C(NCc1nnc2n1CCCC2)C1CC2CCCCC2N1. The number of nitrogens with one attached hydrogen (secondary N) is 2. The summed E-state index contributed by atoms with van der Waals surface area (Å²) in [5.41, 5.74) is 0. The Kier molecular flexibility index (Phi) is 6.89. The molecule has 6 nitrogen and oxygen atoms in total. The van der Waals surface area contributed by atoms with Crippen molar-refractivity contribution in [3.05, 3.63) is 11.6 Å². The zero-order chi connectivity index (χ0) is 14.9. The third kappa shape index (κ3) is 3.86. The van der Waals surface area contributed by atoms with Crippen LogP contribution in [0.1, 0.15) is 56.6 Å². The molecule has 1 aromatic rings. The van der Waals surface area contributed by atoms with E-state index in [0.29, 0.717) is 18.5 Å². The maximum absolute atomic E-state index is 12.4.